The Labute approximate surface area is 145 Å². The molecule has 10 nitrogen and oxygen atoms in total. The van der Waals surface area contributed by atoms with Gasteiger partial charge >= 0.3 is 0 Å². The smallest absolute Gasteiger partial charge is 0.238 e. The highest BCUT2D eigenvalue weighted by atomic mass is 32.2. The SMILES string of the molecule is CN1CCN(c2n[nH]c(N)c2N=Nc2ccc(S(N)(=O)=O)cc2)CC1. The van der Waals surface area contributed by atoms with Gasteiger partial charge in [0.05, 0.1) is 10.6 Å². The molecule has 0 spiro atoms. The lowest BCUT2D eigenvalue weighted by atomic mass is 10.3. The van der Waals surface area contributed by atoms with Gasteiger partial charge in [-0.3, -0.25) is 5.10 Å². The fraction of sp³-hybridized carbons (Fsp3) is 0.357. The number of primary sulfonamides is 1. The molecule has 1 aliphatic rings. The molecule has 25 heavy (non-hydrogen) atoms. The number of likely N-dealkylation sites (N-methyl/N-ethyl adjacent to an activating group) is 1. The van der Waals surface area contributed by atoms with Crippen molar-refractivity contribution in [1.82, 2.24) is 15.1 Å². The van der Waals surface area contributed by atoms with Gasteiger partial charge < -0.3 is 15.5 Å². The minimum Gasteiger partial charge on any atom is -0.382 e. The van der Waals surface area contributed by atoms with Crippen LogP contribution in [0.25, 0.3) is 0 Å². The molecule has 0 unspecified atom stereocenters. The van der Waals surface area contributed by atoms with Crippen LogP contribution < -0.4 is 15.8 Å². The van der Waals surface area contributed by atoms with Crippen molar-refractivity contribution >= 4 is 33.0 Å². The Morgan fingerprint density at radius 3 is 2.36 bits per heavy atom. The average Bonchev–Trinajstić information content (AvgIpc) is 2.94. The standard InChI is InChI=1S/C14H20N8O2S/c1-21-6-8-22(9-7-21)14-12(13(15)19-20-14)18-17-10-2-4-11(5-3-10)25(16,23)24/h2-5H,6-9H2,1H3,(H3,15,19,20)(H2,16,23,24). The van der Waals surface area contributed by atoms with Gasteiger partial charge in [-0.05, 0) is 31.3 Å². The summed E-state index contributed by atoms with van der Waals surface area (Å²) < 4.78 is 22.5. The first kappa shape index (κ1) is 17.3. The maximum atomic E-state index is 11.3. The number of azo groups is 1. The molecule has 3 rings (SSSR count). The zero-order chi connectivity index (χ0) is 18.0. The largest absolute Gasteiger partial charge is 0.382 e. The van der Waals surface area contributed by atoms with E-state index >= 15 is 0 Å². The summed E-state index contributed by atoms with van der Waals surface area (Å²) in [5, 5.41) is 20.3. The molecule has 1 aliphatic heterocycles. The molecule has 0 radical (unpaired) electrons. The summed E-state index contributed by atoms with van der Waals surface area (Å²) in [4.78, 5) is 4.36. The van der Waals surface area contributed by atoms with Crippen molar-refractivity contribution in [2.45, 2.75) is 4.90 Å². The fourth-order valence-corrected chi connectivity index (χ4v) is 3.00. The van der Waals surface area contributed by atoms with Crippen LogP contribution >= 0.6 is 0 Å². The number of benzene rings is 1. The van der Waals surface area contributed by atoms with Crippen molar-refractivity contribution in [3.8, 4) is 0 Å². The Bertz CT molecular complexity index is 867. The first-order valence-electron chi connectivity index (χ1n) is 7.66. The van der Waals surface area contributed by atoms with Gasteiger partial charge in [0.25, 0.3) is 0 Å². The van der Waals surface area contributed by atoms with E-state index in [1.165, 1.54) is 24.3 Å². The summed E-state index contributed by atoms with van der Waals surface area (Å²) in [5.74, 6) is 0.995. The molecule has 0 bridgehead atoms. The normalized spacial score (nSPS) is 16.6. The van der Waals surface area contributed by atoms with Crippen LogP contribution in [-0.4, -0.2) is 56.7 Å². The zero-order valence-corrected chi connectivity index (χ0v) is 14.6. The topological polar surface area (TPSA) is 146 Å². The number of nitrogens with one attached hydrogen (secondary N) is 1. The van der Waals surface area contributed by atoms with Crippen molar-refractivity contribution in [1.29, 1.82) is 0 Å². The summed E-state index contributed by atoms with van der Waals surface area (Å²) >= 11 is 0. The van der Waals surface area contributed by atoms with E-state index in [4.69, 9.17) is 10.9 Å². The van der Waals surface area contributed by atoms with Crippen LogP contribution in [0.15, 0.2) is 39.4 Å². The molecule has 0 amide bonds. The molecule has 1 aromatic heterocycles. The number of nitrogens with zero attached hydrogens (tertiary/aromatic N) is 5. The van der Waals surface area contributed by atoms with E-state index in [2.05, 4.69) is 37.3 Å². The van der Waals surface area contributed by atoms with Gasteiger partial charge in [0, 0.05) is 26.2 Å². The first-order chi connectivity index (χ1) is 11.8. The molecule has 0 saturated carbocycles. The van der Waals surface area contributed by atoms with E-state index in [1.54, 1.807) is 0 Å². The number of hydrogen-bond donors (Lipinski definition) is 3. The Morgan fingerprint density at radius 1 is 1.12 bits per heavy atom. The van der Waals surface area contributed by atoms with Crippen molar-refractivity contribution in [3.63, 3.8) is 0 Å². The Kier molecular flexibility index (Phi) is 4.70. The second-order valence-corrected chi connectivity index (χ2v) is 7.40. The summed E-state index contributed by atoms with van der Waals surface area (Å²) in [6.07, 6.45) is 0. The van der Waals surface area contributed by atoms with Crippen LogP contribution in [0.5, 0.6) is 0 Å². The third kappa shape index (κ3) is 3.95. The number of aromatic nitrogens is 2. The number of nitrogen functional groups attached to an aromatic ring is 1. The molecule has 1 fully saturated rings. The molecular formula is C14H20N8O2S. The predicted octanol–water partition coefficient (Wildman–Crippen LogP) is 0.806. The van der Waals surface area contributed by atoms with Crippen LogP contribution in [0.3, 0.4) is 0 Å². The van der Waals surface area contributed by atoms with E-state index in [9.17, 15) is 8.42 Å². The highest BCUT2D eigenvalue weighted by Crippen LogP contribution is 2.33. The van der Waals surface area contributed by atoms with Crippen LogP contribution in [0.1, 0.15) is 0 Å². The quantitative estimate of drug-likeness (QED) is 0.684. The van der Waals surface area contributed by atoms with Gasteiger partial charge in [0.15, 0.2) is 11.5 Å². The lowest BCUT2D eigenvalue weighted by Gasteiger charge is -2.32. The number of anilines is 2. The van der Waals surface area contributed by atoms with E-state index in [1.807, 2.05) is 0 Å². The number of hydrogen-bond acceptors (Lipinski definition) is 8. The number of aromatic amines is 1. The lowest BCUT2D eigenvalue weighted by Crippen LogP contribution is -2.44. The molecule has 1 saturated heterocycles. The van der Waals surface area contributed by atoms with Gasteiger partial charge in [-0.25, -0.2) is 13.6 Å². The number of H-pyrrole nitrogens is 1. The summed E-state index contributed by atoms with van der Waals surface area (Å²) in [6.45, 7) is 3.51. The van der Waals surface area contributed by atoms with E-state index in [-0.39, 0.29) is 4.90 Å². The Hall–Kier alpha value is -2.50. The lowest BCUT2D eigenvalue weighted by molar-refractivity contribution is 0.312. The van der Waals surface area contributed by atoms with Crippen molar-refractivity contribution in [2.75, 3.05) is 43.9 Å². The zero-order valence-electron chi connectivity index (χ0n) is 13.8. The monoisotopic (exact) mass is 364 g/mol. The molecule has 1 aromatic carbocycles. The highest BCUT2D eigenvalue weighted by Gasteiger charge is 2.21. The number of piperazine rings is 1. The van der Waals surface area contributed by atoms with Gasteiger partial charge in [-0.2, -0.15) is 10.2 Å². The van der Waals surface area contributed by atoms with E-state index in [0.29, 0.717) is 23.0 Å². The number of sulfonamides is 1. The van der Waals surface area contributed by atoms with Gasteiger partial charge in [0.1, 0.15) is 5.82 Å². The Balaban J connectivity index is 1.81. The fourth-order valence-electron chi connectivity index (χ4n) is 2.49. The first-order valence-corrected chi connectivity index (χ1v) is 9.21. The second-order valence-electron chi connectivity index (χ2n) is 5.84. The molecule has 134 valence electrons. The third-order valence-electron chi connectivity index (χ3n) is 3.98. The van der Waals surface area contributed by atoms with Crippen molar-refractivity contribution in [2.24, 2.45) is 15.4 Å². The molecule has 11 heteroatoms. The average molecular weight is 364 g/mol. The van der Waals surface area contributed by atoms with E-state index in [0.717, 1.165) is 26.2 Å². The maximum absolute atomic E-state index is 11.3. The summed E-state index contributed by atoms with van der Waals surface area (Å²) in [5.41, 5.74) is 6.87. The summed E-state index contributed by atoms with van der Waals surface area (Å²) in [6, 6.07) is 5.80. The van der Waals surface area contributed by atoms with Gasteiger partial charge in [0.2, 0.25) is 10.0 Å². The molecule has 0 atom stereocenters. The van der Waals surface area contributed by atoms with Crippen LogP contribution in [0.4, 0.5) is 23.0 Å². The molecule has 5 N–H and O–H groups in total. The maximum Gasteiger partial charge on any atom is 0.238 e. The van der Waals surface area contributed by atoms with Crippen molar-refractivity contribution in [3.05, 3.63) is 24.3 Å². The molecular weight excluding hydrogens is 344 g/mol. The molecule has 0 aliphatic carbocycles. The number of rotatable bonds is 4. The van der Waals surface area contributed by atoms with Crippen LogP contribution in [0.2, 0.25) is 0 Å². The second kappa shape index (κ2) is 6.78. The minimum absolute atomic E-state index is 0.0207. The number of nitrogens with two attached hydrogens (primary N) is 2. The highest BCUT2D eigenvalue weighted by molar-refractivity contribution is 7.89. The minimum atomic E-state index is -3.73. The van der Waals surface area contributed by atoms with Gasteiger partial charge in [-0.15, -0.1) is 5.11 Å². The third-order valence-corrected chi connectivity index (χ3v) is 4.91. The summed E-state index contributed by atoms with van der Waals surface area (Å²) in [7, 11) is -1.66. The molecule has 2 aromatic rings. The Morgan fingerprint density at radius 2 is 1.76 bits per heavy atom. The van der Waals surface area contributed by atoms with Crippen LogP contribution in [0, 0.1) is 0 Å². The van der Waals surface area contributed by atoms with E-state index < -0.39 is 10.0 Å². The van der Waals surface area contributed by atoms with Crippen molar-refractivity contribution < 1.29 is 8.42 Å². The predicted molar refractivity (Wildman–Crippen MR) is 94.7 cm³/mol. The van der Waals surface area contributed by atoms with Crippen LogP contribution in [-0.2, 0) is 10.0 Å². The molecule has 2 heterocycles. The van der Waals surface area contributed by atoms with Gasteiger partial charge in [-0.1, -0.05) is 0 Å².